The van der Waals surface area contributed by atoms with Crippen molar-refractivity contribution < 1.29 is 14.3 Å². The van der Waals surface area contributed by atoms with Gasteiger partial charge in [0.1, 0.15) is 6.61 Å². The minimum atomic E-state index is -0.00661. The van der Waals surface area contributed by atoms with Gasteiger partial charge < -0.3 is 19.7 Å². The number of amides is 1. The smallest absolute Gasteiger partial charge is 0.260 e. The van der Waals surface area contributed by atoms with E-state index in [1.807, 2.05) is 59.5 Å². The van der Waals surface area contributed by atoms with Crippen molar-refractivity contribution >= 4 is 17.3 Å². The Kier molecular flexibility index (Phi) is 4.35. The van der Waals surface area contributed by atoms with Crippen molar-refractivity contribution in [1.29, 1.82) is 0 Å². The predicted octanol–water partition coefficient (Wildman–Crippen LogP) is 4.27. The molecular formula is C24H22N2O3. The number of rotatable bonds is 4. The number of para-hydroxylation sites is 1. The number of hydrogen-bond donors (Lipinski definition) is 1. The van der Waals surface area contributed by atoms with Crippen LogP contribution in [0, 0.1) is 0 Å². The van der Waals surface area contributed by atoms with Gasteiger partial charge in [-0.05, 0) is 29.7 Å². The molecule has 5 rings (SSSR count). The fourth-order valence-electron chi connectivity index (χ4n) is 4.15. The number of benzene rings is 3. The van der Waals surface area contributed by atoms with E-state index in [-0.39, 0.29) is 11.9 Å². The minimum Gasteiger partial charge on any atom is -0.493 e. The van der Waals surface area contributed by atoms with Crippen molar-refractivity contribution in [3.8, 4) is 11.5 Å². The first-order chi connectivity index (χ1) is 14.2. The molecular weight excluding hydrogens is 364 g/mol. The lowest BCUT2D eigenvalue weighted by atomic mass is 10.1. The monoisotopic (exact) mass is 386 g/mol. The lowest BCUT2D eigenvalue weighted by molar-refractivity contribution is 0.0983. The van der Waals surface area contributed by atoms with Gasteiger partial charge in [-0.15, -0.1) is 0 Å². The molecule has 0 saturated carbocycles. The Labute approximate surface area is 169 Å². The molecule has 1 atom stereocenters. The van der Waals surface area contributed by atoms with Crippen LogP contribution in [0.4, 0.5) is 11.4 Å². The molecule has 0 aliphatic carbocycles. The highest BCUT2D eigenvalue weighted by atomic mass is 16.5. The lowest BCUT2D eigenvalue weighted by Crippen LogP contribution is -2.39. The van der Waals surface area contributed by atoms with Crippen LogP contribution < -0.4 is 19.7 Å². The average Bonchev–Trinajstić information content (AvgIpc) is 3.08. The highest BCUT2D eigenvalue weighted by molar-refractivity contribution is 6.12. The van der Waals surface area contributed by atoms with Gasteiger partial charge in [-0.1, -0.05) is 48.5 Å². The standard InChI is InChI=1S/C24H22N2O3/c1-28-22-12-19-20(13-23(22)29-15-16-7-3-2-4-8-16)25-14-18-11-17-9-5-6-10-21(17)26(18)24(19)27/h2-10,12-13,18,25H,11,14-15H2,1H3/t18-/m0/s1. The Morgan fingerprint density at radius 2 is 1.83 bits per heavy atom. The van der Waals surface area contributed by atoms with Gasteiger partial charge in [-0.25, -0.2) is 0 Å². The number of carbonyl (C=O) groups is 1. The van der Waals surface area contributed by atoms with Crippen LogP contribution in [-0.4, -0.2) is 25.6 Å². The van der Waals surface area contributed by atoms with Crippen molar-refractivity contribution in [2.24, 2.45) is 0 Å². The predicted molar refractivity (Wildman–Crippen MR) is 113 cm³/mol. The Morgan fingerprint density at radius 3 is 2.66 bits per heavy atom. The van der Waals surface area contributed by atoms with Crippen molar-refractivity contribution in [3.63, 3.8) is 0 Å². The molecule has 0 unspecified atom stereocenters. The van der Waals surface area contributed by atoms with Crippen molar-refractivity contribution in [2.45, 2.75) is 19.1 Å². The molecule has 0 aromatic heterocycles. The van der Waals surface area contributed by atoms with Crippen LogP contribution in [0.1, 0.15) is 21.5 Å². The highest BCUT2D eigenvalue weighted by Gasteiger charge is 2.37. The number of fused-ring (bicyclic) bond motifs is 4. The Hall–Kier alpha value is -3.47. The third-order valence-electron chi connectivity index (χ3n) is 5.59. The van der Waals surface area contributed by atoms with Crippen LogP contribution in [0.5, 0.6) is 11.5 Å². The second-order valence-corrected chi connectivity index (χ2v) is 7.37. The molecule has 29 heavy (non-hydrogen) atoms. The van der Waals surface area contributed by atoms with Gasteiger partial charge in [-0.2, -0.15) is 0 Å². The van der Waals surface area contributed by atoms with Gasteiger partial charge >= 0.3 is 0 Å². The third-order valence-corrected chi connectivity index (χ3v) is 5.59. The van der Waals surface area contributed by atoms with Gasteiger partial charge in [-0.3, -0.25) is 4.79 Å². The number of carbonyl (C=O) groups excluding carboxylic acids is 1. The number of ether oxygens (including phenoxy) is 2. The molecule has 146 valence electrons. The molecule has 2 aliphatic heterocycles. The quantitative estimate of drug-likeness (QED) is 0.728. The number of anilines is 2. The molecule has 1 N–H and O–H groups in total. The number of nitrogens with one attached hydrogen (secondary N) is 1. The molecule has 2 heterocycles. The first-order valence-electron chi connectivity index (χ1n) is 9.78. The van der Waals surface area contributed by atoms with Crippen LogP contribution in [0.25, 0.3) is 0 Å². The second kappa shape index (κ2) is 7.17. The van der Waals surface area contributed by atoms with Crippen molar-refractivity contribution in [1.82, 2.24) is 0 Å². The number of methoxy groups -OCH3 is 1. The molecule has 5 nitrogen and oxygen atoms in total. The van der Waals surface area contributed by atoms with E-state index in [1.54, 1.807) is 13.2 Å². The molecule has 2 aliphatic rings. The van der Waals surface area contributed by atoms with Gasteiger partial charge in [0.25, 0.3) is 5.91 Å². The molecule has 0 spiro atoms. The van der Waals surface area contributed by atoms with E-state index in [0.29, 0.717) is 30.2 Å². The summed E-state index contributed by atoms with van der Waals surface area (Å²) in [5.74, 6) is 1.17. The summed E-state index contributed by atoms with van der Waals surface area (Å²) >= 11 is 0. The normalized spacial score (nSPS) is 16.9. The van der Waals surface area contributed by atoms with E-state index in [1.165, 1.54) is 5.56 Å². The van der Waals surface area contributed by atoms with Crippen LogP contribution in [0.3, 0.4) is 0 Å². The summed E-state index contributed by atoms with van der Waals surface area (Å²) in [6, 6.07) is 21.9. The van der Waals surface area contributed by atoms with E-state index < -0.39 is 0 Å². The molecule has 1 amide bonds. The maximum Gasteiger partial charge on any atom is 0.260 e. The Balaban J connectivity index is 1.48. The summed E-state index contributed by atoms with van der Waals surface area (Å²) < 4.78 is 11.6. The third kappa shape index (κ3) is 3.09. The van der Waals surface area contributed by atoms with E-state index in [2.05, 4.69) is 11.4 Å². The van der Waals surface area contributed by atoms with Crippen molar-refractivity contribution in [2.75, 3.05) is 23.9 Å². The van der Waals surface area contributed by atoms with E-state index in [4.69, 9.17) is 9.47 Å². The second-order valence-electron chi connectivity index (χ2n) is 7.37. The maximum atomic E-state index is 13.4. The van der Waals surface area contributed by atoms with Crippen LogP contribution in [0.15, 0.2) is 66.7 Å². The van der Waals surface area contributed by atoms with E-state index in [9.17, 15) is 4.79 Å². The van der Waals surface area contributed by atoms with Gasteiger partial charge in [0.15, 0.2) is 11.5 Å². The minimum absolute atomic E-state index is 0.00661. The summed E-state index contributed by atoms with van der Waals surface area (Å²) in [4.78, 5) is 15.3. The molecule has 0 fully saturated rings. The van der Waals surface area contributed by atoms with Crippen LogP contribution in [0.2, 0.25) is 0 Å². The molecule has 0 bridgehead atoms. The van der Waals surface area contributed by atoms with Gasteiger partial charge in [0.05, 0.1) is 24.4 Å². The highest BCUT2D eigenvalue weighted by Crippen LogP contribution is 2.40. The maximum absolute atomic E-state index is 13.4. The summed E-state index contributed by atoms with van der Waals surface area (Å²) in [6.45, 7) is 1.13. The fourth-order valence-corrected chi connectivity index (χ4v) is 4.15. The average molecular weight is 386 g/mol. The summed E-state index contributed by atoms with van der Waals surface area (Å²) in [5.41, 5.74) is 4.68. The largest absolute Gasteiger partial charge is 0.493 e. The number of nitrogens with zero attached hydrogens (tertiary/aromatic N) is 1. The summed E-state index contributed by atoms with van der Waals surface area (Å²) in [6.07, 6.45) is 0.859. The first-order valence-corrected chi connectivity index (χ1v) is 9.78. The van der Waals surface area contributed by atoms with Crippen LogP contribution >= 0.6 is 0 Å². The van der Waals surface area contributed by atoms with E-state index in [0.717, 1.165) is 23.4 Å². The molecule has 3 aromatic carbocycles. The topological polar surface area (TPSA) is 50.8 Å². The van der Waals surface area contributed by atoms with Crippen LogP contribution in [-0.2, 0) is 13.0 Å². The SMILES string of the molecule is COc1cc2c(cc1OCc1ccccc1)NC[C@@H]1Cc3ccccc3N1C2=O. The molecule has 3 aromatic rings. The zero-order chi connectivity index (χ0) is 19.8. The molecule has 5 heteroatoms. The zero-order valence-corrected chi connectivity index (χ0v) is 16.2. The first kappa shape index (κ1) is 17.6. The number of hydrogen-bond acceptors (Lipinski definition) is 4. The lowest BCUT2D eigenvalue weighted by Gasteiger charge is -2.22. The fraction of sp³-hybridized carbons (Fsp3) is 0.208. The zero-order valence-electron chi connectivity index (χ0n) is 16.2. The van der Waals surface area contributed by atoms with Gasteiger partial charge in [0.2, 0.25) is 0 Å². The van der Waals surface area contributed by atoms with Gasteiger partial charge in [0, 0.05) is 18.3 Å². The van der Waals surface area contributed by atoms with E-state index >= 15 is 0 Å². The Bertz CT molecular complexity index is 1060. The summed E-state index contributed by atoms with van der Waals surface area (Å²) in [5, 5.41) is 3.45. The van der Waals surface area contributed by atoms with Crippen molar-refractivity contribution in [3.05, 3.63) is 83.4 Å². The summed E-state index contributed by atoms with van der Waals surface area (Å²) in [7, 11) is 1.60. The Morgan fingerprint density at radius 1 is 1.03 bits per heavy atom. The molecule has 0 radical (unpaired) electrons. The molecule has 0 saturated heterocycles.